The van der Waals surface area contributed by atoms with Crippen molar-refractivity contribution < 1.29 is 14.3 Å². The van der Waals surface area contributed by atoms with Gasteiger partial charge in [-0.3, -0.25) is 4.79 Å². The topological polar surface area (TPSA) is 46.6 Å². The van der Waals surface area contributed by atoms with E-state index in [0.29, 0.717) is 13.0 Å². The molecule has 1 atom stereocenters. The number of esters is 1. The summed E-state index contributed by atoms with van der Waals surface area (Å²) >= 11 is 0. The minimum absolute atomic E-state index is 0.153. The van der Waals surface area contributed by atoms with Crippen LogP contribution >= 0.6 is 0 Å². The van der Waals surface area contributed by atoms with Crippen molar-refractivity contribution in [2.75, 3.05) is 13.7 Å². The molecule has 1 saturated heterocycles. The Morgan fingerprint density at radius 2 is 1.72 bits per heavy atom. The Morgan fingerprint density at radius 3 is 2.40 bits per heavy atom. The second-order valence-corrected chi connectivity index (χ2v) is 6.03. The van der Waals surface area contributed by atoms with E-state index in [1.807, 2.05) is 42.5 Å². The van der Waals surface area contributed by atoms with E-state index in [4.69, 9.17) is 4.74 Å². The monoisotopic (exact) mass is 335 g/mol. The molecule has 1 heterocycles. The smallest absolute Gasteiger partial charge is 0.328 e. The second kappa shape index (κ2) is 7.79. The molecule has 0 bridgehead atoms. The van der Waals surface area contributed by atoms with Gasteiger partial charge in [0, 0.05) is 12.6 Å². The Labute approximate surface area is 147 Å². The predicted octanol–water partition coefficient (Wildman–Crippen LogP) is 3.53. The molecule has 2 aromatic rings. The second-order valence-electron chi connectivity index (χ2n) is 6.03. The Kier molecular flexibility index (Phi) is 5.29. The molecule has 4 heteroatoms. The van der Waals surface area contributed by atoms with Gasteiger partial charge in [0.15, 0.2) is 0 Å². The van der Waals surface area contributed by atoms with Crippen molar-refractivity contribution in [1.82, 2.24) is 4.90 Å². The van der Waals surface area contributed by atoms with Crippen molar-refractivity contribution in [2.24, 2.45) is 0 Å². The zero-order chi connectivity index (χ0) is 17.6. The van der Waals surface area contributed by atoms with Gasteiger partial charge >= 0.3 is 5.97 Å². The van der Waals surface area contributed by atoms with Gasteiger partial charge in [0.05, 0.1) is 7.11 Å². The highest BCUT2D eigenvalue weighted by Gasteiger charge is 2.33. The third kappa shape index (κ3) is 3.97. The number of carbonyl (C=O) groups is 2. The van der Waals surface area contributed by atoms with Gasteiger partial charge in [-0.25, -0.2) is 4.79 Å². The SMILES string of the molecule is COC(=O)C1CCCN1C(=O)/C=C/c1ccc(-c2ccccc2)cc1. The van der Waals surface area contributed by atoms with E-state index in [1.54, 1.807) is 11.0 Å². The van der Waals surface area contributed by atoms with Crippen LogP contribution in [-0.4, -0.2) is 36.5 Å². The molecule has 0 aromatic heterocycles. The summed E-state index contributed by atoms with van der Waals surface area (Å²) in [5, 5.41) is 0. The quantitative estimate of drug-likeness (QED) is 0.634. The van der Waals surface area contributed by atoms with Gasteiger partial charge in [0.1, 0.15) is 6.04 Å². The first kappa shape index (κ1) is 17.0. The number of rotatable bonds is 4. The van der Waals surface area contributed by atoms with Crippen LogP contribution < -0.4 is 0 Å². The van der Waals surface area contributed by atoms with Crippen LogP contribution in [0.1, 0.15) is 18.4 Å². The van der Waals surface area contributed by atoms with Crippen molar-refractivity contribution in [3.05, 3.63) is 66.2 Å². The van der Waals surface area contributed by atoms with Crippen LogP contribution in [0.25, 0.3) is 17.2 Å². The summed E-state index contributed by atoms with van der Waals surface area (Å²) in [7, 11) is 1.35. The van der Waals surface area contributed by atoms with E-state index in [-0.39, 0.29) is 11.9 Å². The lowest BCUT2D eigenvalue weighted by atomic mass is 10.0. The van der Waals surface area contributed by atoms with Crippen LogP contribution in [0, 0.1) is 0 Å². The zero-order valence-electron chi connectivity index (χ0n) is 14.2. The van der Waals surface area contributed by atoms with Gasteiger partial charge in [-0.1, -0.05) is 54.6 Å². The van der Waals surface area contributed by atoms with Gasteiger partial charge in [-0.15, -0.1) is 0 Å². The highest BCUT2D eigenvalue weighted by atomic mass is 16.5. The Morgan fingerprint density at radius 1 is 1.04 bits per heavy atom. The lowest BCUT2D eigenvalue weighted by Crippen LogP contribution is -2.40. The van der Waals surface area contributed by atoms with Crippen LogP contribution in [0.15, 0.2) is 60.7 Å². The van der Waals surface area contributed by atoms with Crippen LogP contribution in [0.5, 0.6) is 0 Å². The molecule has 0 radical (unpaired) electrons. The zero-order valence-corrected chi connectivity index (χ0v) is 14.2. The summed E-state index contributed by atoms with van der Waals surface area (Å²) in [6.07, 6.45) is 4.80. The fourth-order valence-electron chi connectivity index (χ4n) is 3.09. The molecule has 0 aliphatic carbocycles. The van der Waals surface area contributed by atoms with E-state index < -0.39 is 6.04 Å². The van der Waals surface area contributed by atoms with Crippen LogP contribution in [-0.2, 0) is 14.3 Å². The van der Waals surface area contributed by atoms with E-state index >= 15 is 0 Å². The number of ether oxygens (including phenoxy) is 1. The van der Waals surface area contributed by atoms with E-state index in [9.17, 15) is 9.59 Å². The maximum Gasteiger partial charge on any atom is 0.328 e. The van der Waals surface area contributed by atoms with Gasteiger partial charge in [-0.2, -0.15) is 0 Å². The number of hydrogen-bond donors (Lipinski definition) is 0. The van der Waals surface area contributed by atoms with E-state index in [0.717, 1.165) is 23.1 Å². The third-order valence-corrected chi connectivity index (χ3v) is 4.45. The van der Waals surface area contributed by atoms with Gasteiger partial charge in [0.25, 0.3) is 0 Å². The van der Waals surface area contributed by atoms with Crippen molar-refractivity contribution in [3.8, 4) is 11.1 Å². The molecule has 1 amide bonds. The number of benzene rings is 2. The average Bonchev–Trinajstić information content (AvgIpc) is 3.16. The number of carbonyl (C=O) groups excluding carboxylic acids is 2. The molecule has 1 aliphatic rings. The van der Waals surface area contributed by atoms with Crippen molar-refractivity contribution in [3.63, 3.8) is 0 Å². The van der Waals surface area contributed by atoms with Crippen molar-refractivity contribution in [1.29, 1.82) is 0 Å². The minimum atomic E-state index is -0.456. The highest BCUT2D eigenvalue weighted by Crippen LogP contribution is 2.21. The van der Waals surface area contributed by atoms with Gasteiger partial charge < -0.3 is 9.64 Å². The molecule has 1 fully saturated rings. The Bertz CT molecular complexity index is 765. The molecular weight excluding hydrogens is 314 g/mol. The van der Waals surface area contributed by atoms with Crippen LogP contribution in [0.3, 0.4) is 0 Å². The van der Waals surface area contributed by atoms with Crippen molar-refractivity contribution in [2.45, 2.75) is 18.9 Å². The largest absolute Gasteiger partial charge is 0.467 e. The van der Waals surface area contributed by atoms with E-state index in [2.05, 4.69) is 12.1 Å². The summed E-state index contributed by atoms with van der Waals surface area (Å²) < 4.78 is 4.78. The van der Waals surface area contributed by atoms with Crippen LogP contribution in [0.2, 0.25) is 0 Å². The van der Waals surface area contributed by atoms with Crippen molar-refractivity contribution >= 4 is 18.0 Å². The molecule has 0 N–H and O–H groups in total. The first-order chi connectivity index (χ1) is 12.2. The lowest BCUT2D eigenvalue weighted by Gasteiger charge is -2.20. The summed E-state index contributed by atoms with van der Waals surface area (Å²) in [6.45, 7) is 0.593. The molecule has 25 heavy (non-hydrogen) atoms. The predicted molar refractivity (Wildman–Crippen MR) is 97.7 cm³/mol. The lowest BCUT2D eigenvalue weighted by molar-refractivity contribution is -0.149. The summed E-state index contributed by atoms with van der Waals surface area (Å²) in [6, 6.07) is 17.7. The Balaban J connectivity index is 1.67. The summed E-state index contributed by atoms with van der Waals surface area (Å²) in [5.41, 5.74) is 3.24. The maximum absolute atomic E-state index is 12.4. The standard InChI is InChI=1S/C21H21NO3/c1-25-21(24)19-8-5-15-22(19)20(23)14-11-16-9-12-18(13-10-16)17-6-3-2-4-7-17/h2-4,6-7,9-14,19H,5,8,15H2,1H3/b14-11+. The molecule has 3 rings (SSSR count). The maximum atomic E-state index is 12.4. The van der Waals surface area contributed by atoms with E-state index in [1.165, 1.54) is 13.2 Å². The molecule has 2 aromatic carbocycles. The molecule has 4 nitrogen and oxygen atoms in total. The van der Waals surface area contributed by atoms with Crippen LogP contribution in [0.4, 0.5) is 0 Å². The summed E-state index contributed by atoms with van der Waals surface area (Å²) in [5.74, 6) is -0.494. The molecular formula is C21H21NO3. The number of hydrogen-bond acceptors (Lipinski definition) is 3. The molecule has 128 valence electrons. The third-order valence-electron chi connectivity index (χ3n) is 4.45. The summed E-state index contributed by atoms with van der Waals surface area (Å²) in [4.78, 5) is 25.7. The van der Waals surface area contributed by atoms with Gasteiger partial charge in [-0.05, 0) is 35.6 Å². The minimum Gasteiger partial charge on any atom is -0.467 e. The number of methoxy groups -OCH3 is 1. The first-order valence-corrected chi connectivity index (χ1v) is 8.41. The number of nitrogens with zero attached hydrogens (tertiary/aromatic N) is 1. The molecule has 1 unspecified atom stereocenters. The number of likely N-dealkylation sites (tertiary alicyclic amines) is 1. The molecule has 0 saturated carbocycles. The molecule has 1 aliphatic heterocycles. The first-order valence-electron chi connectivity index (χ1n) is 8.41. The fraction of sp³-hybridized carbons (Fsp3) is 0.238. The Hall–Kier alpha value is -2.88. The van der Waals surface area contributed by atoms with Gasteiger partial charge in [0.2, 0.25) is 5.91 Å². The average molecular weight is 335 g/mol. The fourth-order valence-corrected chi connectivity index (χ4v) is 3.09. The highest BCUT2D eigenvalue weighted by molar-refractivity contribution is 5.95. The normalized spacial score (nSPS) is 17.0. The molecule has 0 spiro atoms. The number of amides is 1.